The van der Waals surface area contributed by atoms with Crippen LogP contribution in [0.2, 0.25) is 0 Å². The Morgan fingerprint density at radius 3 is 2.61 bits per heavy atom. The Bertz CT molecular complexity index is 1010. The maximum absolute atomic E-state index is 13.0. The lowest BCUT2D eigenvalue weighted by atomic mass is 10.1. The fourth-order valence-corrected chi connectivity index (χ4v) is 5.32. The lowest BCUT2D eigenvalue weighted by molar-refractivity contribution is -0.137. The molecule has 2 aliphatic heterocycles. The number of fused-ring (bicyclic) bond motifs is 1. The molecule has 2 amide bonds. The number of thiazole rings is 1. The monoisotopic (exact) mass is 480 g/mol. The molecule has 10 heteroatoms. The number of rotatable bonds is 6. The first-order chi connectivity index (χ1) is 15.7. The van der Waals surface area contributed by atoms with Crippen LogP contribution in [0.5, 0.6) is 0 Å². The molecule has 1 N–H and O–H groups in total. The number of nitrogens with one attached hydrogen (secondary N) is 1. The highest BCUT2D eigenvalue weighted by Crippen LogP contribution is 2.34. The first kappa shape index (κ1) is 23.7. The van der Waals surface area contributed by atoms with Gasteiger partial charge in [0.1, 0.15) is 5.01 Å². The molecule has 0 spiro atoms. The van der Waals surface area contributed by atoms with Crippen molar-refractivity contribution >= 4 is 23.2 Å². The molecule has 1 saturated heterocycles. The predicted molar refractivity (Wildman–Crippen MR) is 120 cm³/mol. The van der Waals surface area contributed by atoms with Crippen LogP contribution < -0.4 is 5.32 Å². The Labute approximate surface area is 194 Å². The molecule has 1 aromatic heterocycles. The summed E-state index contributed by atoms with van der Waals surface area (Å²) < 4.78 is 38.5. The molecule has 4 rings (SSSR count). The average molecular weight is 481 g/mol. The van der Waals surface area contributed by atoms with Crippen LogP contribution in [0.4, 0.5) is 13.2 Å². The lowest BCUT2D eigenvalue weighted by Crippen LogP contribution is -2.47. The number of carbonyl (C=O) groups is 2. The predicted octanol–water partition coefficient (Wildman–Crippen LogP) is 3.70. The first-order valence-electron chi connectivity index (χ1n) is 11.1. The van der Waals surface area contributed by atoms with Crippen molar-refractivity contribution in [3.8, 4) is 10.6 Å². The van der Waals surface area contributed by atoms with Gasteiger partial charge in [-0.3, -0.25) is 9.59 Å². The van der Waals surface area contributed by atoms with Gasteiger partial charge < -0.3 is 15.1 Å². The van der Waals surface area contributed by atoms with Crippen LogP contribution in [0.15, 0.2) is 24.3 Å². The lowest BCUT2D eigenvalue weighted by Gasteiger charge is -2.32. The Hall–Kier alpha value is -2.46. The van der Waals surface area contributed by atoms with E-state index in [1.54, 1.807) is 11.9 Å². The molecule has 0 aliphatic carbocycles. The minimum Gasteiger partial charge on any atom is -0.341 e. The van der Waals surface area contributed by atoms with Gasteiger partial charge in [-0.1, -0.05) is 12.1 Å². The Morgan fingerprint density at radius 1 is 1.18 bits per heavy atom. The molecule has 0 bridgehead atoms. The Morgan fingerprint density at radius 2 is 1.94 bits per heavy atom. The van der Waals surface area contributed by atoms with Crippen LogP contribution in [0.1, 0.15) is 41.8 Å². The zero-order chi connectivity index (χ0) is 23.6. The first-order valence-corrected chi connectivity index (χ1v) is 12.0. The van der Waals surface area contributed by atoms with Gasteiger partial charge in [0.2, 0.25) is 11.8 Å². The van der Waals surface area contributed by atoms with Gasteiger partial charge in [-0.05, 0) is 32.0 Å². The SMILES string of the molecule is CN[C@@H](CC(=O)N1CCc2sc(-c3ccc(C(F)(F)F)cc3)nc2C1)CN1CCCCC1=O. The van der Waals surface area contributed by atoms with Crippen molar-refractivity contribution in [3.05, 3.63) is 40.4 Å². The summed E-state index contributed by atoms with van der Waals surface area (Å²) in [5.74, 6) is 0.156. The molecule has 0 radical (unpaired) electrons. The van der Waals surface area contributed by atoms with Gasteiger partial charge in [-0.25, -0.2) is 4.98 Å². The number of aromatic nitrogens is 1. The van der Waals surface area contributed by atoms with E-state index in [9.17, 15) is 22.8 Å². The third kappa shape index (κ3) is 5.55. The molecular weight excluding hydrogens is 453 g/mol. The fraction of sp³-hybridized carbons (Fsp3) is 0.522. The van der Waals surface area contributed by atoms with E-state index in [0.717, 1.165) is 42.1 Å². The molecule has 178 valence electrons. The molecule has 6 nitrogen and oxygen atoms in total. The summed E-state index contributed by atoms with van der Waals surface area (Å²) >= 11 is 1.47. The van der Waals surface area contributed by atoms with E-state index in [2.05, 4.69) is 10.3 Å². The summed E-state index contributed by atoms with van der Waals surface area (Å²) in [4.78, 5) is 34.4. The normalized spacial score (nSPS) is 17.8. The van der Waals surface area contributed by atoms with Gasteiger partial charge >= 0.3 is 6.18 Å². The second kappa shape index (κ2) is 9.80. The molecule has 1 fully saturated rings. The number of halogens is 3. The third-order valence-corrected chi connectivity index (χ3v) is 7.44. The van der Waals surface area contributed by atoms with Crippen molar-refractivity contribution in [1.29, 1.82) is 0 Å². The van der Waals surface area contributed by atoms with Crippen LogP contribution in [0, 0.1) is 0 Å². The van der Waals surface area contributed by atoms with Gasteiger partial charge in [0.25, 0.3) is 0 Å². The van der Waals surface area contributed by atoms with Gasteiger partial charge in [0.05, 0.1) is 17.8 Å². The third-order valence-electron chi connectivity index (χ3n) is 6.23. The number of benzene rings is 1. The largest absolute Gasteiger partial charge is 0.416 e. The van der Waals surface area contributed by atoms with Crippen LogP contribution in [0.3, 0.4) is 0 Å². The standard InChI is InChI=1S/C23H27F3N4O2S/c1-27-17(13-29-10-3-2-4-20(29)31)12-21(32)30-11-9-19-18(14-30)28-22(33-19)15-5-7-16(8-6-15)23(24,25)26/h5-8,17,27H,2-4,9-14H2,1H3/t17-/m0/s1. The molecule has 2 aliphatic rings. The summed E-state index contributed by atoms with van der Waals surface area (Å²) in [6.07, 6.45) is -0.898. The number of piperidine rings is 1. The van der Waals surface area contributed by atoms with Crippen molar-refractivity contribution in [1.82, 2.24) is 20.1 Å². The van der Waals surface area contributed by atoms with Crippen molar-refractivity contribution in [3.63, 3.8) is 0 Å². The number of likely N-dealkylation sites (tertiary alicyclic amines) is 1. The number of hydrogen-bond donors (Lipinski definition) is 1. The summed E-state index contributed by atoms with van der Waals surface area (Å²) in [5, 5.41) is 3.83. The average Bonchev–Trinajstić information content (AvgIpc) is 3.23. The molecule has 33 heavy (non-hydrogen) atoms. The van der Waals surface area contributed by atoms with E-state index in [1.807, 2.05) is 4.90 Å². The Kier molecular flexibility index (Phi) is 7.04. The number of carbonyl (C=O) groups excluding carboxylic acids is 2. The van der Waals surface area contributed by atoms with Crippen molar-refractivity contribution in [2.75, 3.05) is 26.7 Å². The number of alkyl halides is 3. The van der Waals surface area contributed by atoms with Gasteiger partial charge in [-0.15, -0.1) is 11.3 Å². The summed E-state index contributed by atoms with van der Waals surface area (Å²) in [5.41, 5.74) is 0.762. The number of hydrogen-bond acceptors (Lipinski definition) is 5. The van der Waals surface area contributed by atoms with Gasteiger partial charge in [0.15, 0.2) is 0 Å². The minimum absolute atomic E-state index is 0.00791. The van der Waals surface area contributed by atoms with Gasteiger partial charge in [-0.2, -0.15) is 13.2 Å². The zero-order valence-corrected chi connectivity index (χ0v) is 19.3. The van der Waals surface area contributed by atoms with E-state index >= 15 is 0 Å². The van der Waals surface area contributed by atoms with Crippen LogP contribution in [-0.4, -0.2) is 59.3 Å². The summed E-state index contributed by atoms with van der Waals surface area (Å²) in [6, 6.07) is 4.90. The molecule has 0 unspecified atom stereocenters. The van der Waals surface area contributed by atoms with E-state index < -0.39 is 11.7 Å². The smallest absolute Gasteiger partial charge is 0.341 e. The molecular formula is C23H27F3N4O2S. The van der Waals surface area contributed by atoms with E-state index in [0.29, 0.717) is 49.5 Å². The minimum atomic E-state index is -4.37. The molecule has 2 aromatic rings. The van der Waals surface area contributed by atoms with Crippen LogP contribution in [0.25, 0.3) is 10.6 Å². The van der Waals surface area contributed by atoms with Crippen molar-refractivity contribution in [2.45, 2.75) is 50.9 Å². The Balaban J connectivity index is 1.38. The van der Waals surface area contributed by atoms with Crippen LogP contribution >= 0.6 is 11.3 Å². The van der Waals surface area contributed by atoms with E-state index in [1.165, 1.54) is 23.5 Å². The number of likely N-dealkylation sites (N-methyl/N-ethyl adjacent to an activating group) is 1. The second-order valence-corrected chi connectivity index (χ2v) is 9.60. The van der Waals surface area contributed by atoms with Crippen molar-refractivity contribution < 1.29 is 22.8 Å². The molecule has 1 aromatic carbocycles. The molecule has 1 atom stereocenters. The number of amides is 2. The highest BCUT2D eigenvalue weighted by molar-refractivity contribution is 7.15. The number of nitrogens with zero attached hydrogens (tertiary/aromatic N) is 3. The summed E-state index contributed by atoms with van der Waals surface area (Å²) in [6.45, 7) is 2.24. The zero-order valence-electron chi connectivity index (χ0n) is 18.5. The fourth-order valence-electron chi connectivity index (χ4n) is 4.26. The maximum atomic E-state index is 13.0. The topological polar surface area (TPSA) is 65.5 Å². The van der Waals surface area contributed by atoms with Crippen LogP contribution in [-0.2, 0) is 28.7 Å². The second-order valence-electron chi connectivity index (χ2n) is 8.52. The van der Waals surface area contributed by atoms with E-state index in [4.69, 9.17) is 0 Å². The van der Waals surface area contributed by atoms with Crippen molar-refractivity contribution in [2.24, 2.45) is 0 Å². The summed E-state index contributed by atoms with van der Waals surface area (Å²) in [7, 11) is 1.80. The van der Waals surface area contributed by atoms with Gasteiger partial charge in [0, 0.05) is 55.4 Å². The maximum Gasteiger partial charge on any atom is 0.416 e. The molecule has 3 heterocycles. The molecule has 0 saturated carbocycles. The highest BCUT2D eigenvalue weighted by atomic mass is 32.1. The van der Waals surface area contributed by atoms with E-state index in [-0.39, 0.29) is 17.9 Å². The quantitative estimate of drug-likeness (QED) is 0.685. The highest BCUT2D eigenvalue weighted by Gasteiger charge is 2.31.